The first kappa shape index (κ1) is 12.7. The monoisotopic (exact) mass is 312 g/mol. The minimum atomic E-state index is 0.980. The van der Waals surface area contributed by atoms with Crippen LogP contribution in [0.15, 0.2) is 72.9 Å². The van der Waals surface area contributed by atoms with Gasteiger partial charge in [-0.1, -0.05) is 42.5 Å². The number of nitrogens with zero attached hydrogens (tertiary/aromatic N) is 2. The normalized spacial score (nSPS) is 11.5. The molecule has 0 aliphatic rings. The van der Waals surface area contributed by atoms with Gasteiger partial charge in [0.25, 0.3) is 0 Å². The number of aromatic nitrogens is 2. The summed E-state index contributed by atoms with van der Waals surface area (Å²) in [5.74, 6) is 0. The van der Waals surface area contributed by atoms with E-state index in [2.05, 4.69) is 65.6 Å². The number of fused-ring (bicyclic) bond motifs is 4. The van der Waals surface area contributed by atoms with Gasteiger partial charge in [-0.2, -0.15) is 0 Å². The van der Waals surface area contributed by atoms with Gasteiger partial charge in [-0.3, -0.25) is 4.98 Å². The summed E-state index contributed by atoms with van der Waals surface area (Å²) in [5.41, 5.74) is 3.07. The number of para-hydroxylation sites is 1. The third kappa shape index (κ3) is 1.94. The summed E-state index contributed by atoms with van der Waals surface area (Å²) in [6.07, 6.45) is 1.84. The summed E-state index contributed by atoms with van der Waals surface area (Å²) >= 11 is 1.74. The molecule has 2 nitrogen and oxygen atoms in total. The van der Waals surface area contributed by atoms with Crippen LogP contribution in [0.4, 0.5) is 0 Å². The van der Waals surface area contributed by atoms with Gasteiger partial charge in [0.15, 0.2) is 0 Å². The Labute approximate surface area is 137 Å². The lowest BCUT2D eigenvalue weighted by Crippen LogP contribution is -1.87. The van der Waals surface area contributed by atoms with Crippen LogP contribution in [-0.4, -0.2) is 9.97 Å². The zero-order chi connectivity index (χ0) is 15.2. The third-order valence-electron chi connectivity index (χ3n) is 4.15. The Morgan fingerprint density at radius 3 is 2.65 bits per heavy atom. The smallest absolute Gasteiger partial charge is 0.125 e. The molecule has 5 rings (SSSR count). The Morgan fingerprint density at radius 2 is 1.65 bits per heavy atom. The molecule has 3 heterocycles. The van der Waals surface area contributed by atoms with Crippen LogP contribution in [0.1, 0.15) is 0 Å². The molecule has 0 saturated heterocycles. The quantitative estimate of drug-likeness (QED) is 0.399. The van der Waals surface area contributed by atoms with Gasteiger partial charge in [-0.15, -0.1) is 11.3 Å². The van der Waals surface area contributed by atoms with Gasteiger partial charge in [0, 0.05) is 32.6 Å². The molecule has 3 heteroatoms. The minimum Gasteiger partial charge on any atom is -0.256 e. The van der Waals surface area contributed by atoms with E-state index in [-0.39, 0.29) is 0 Å². The number of benzene rings is 2. The lowest BCUT2D eigenvalue weighted by molar-refractivity contribution is 1.38. The second kappa shape index (κ2) is 4.86. The summed E-state index contributed by atoms with van der Waals surface area (Å²) in [5, 5.41) is 3.65. The second-order valence-corrected chi connectivity index (χ2v) is 6.56. The molecule has 23 heavy (non-hydrogen) atoms. The molecule has 0 spiro atoms. The van der Waals surface area contributed by atoms with Crippen molar-refractivity contribution in [1.82, 2.24) is 9.97 Å². The molecular weight excluding hydrogens is 300 g/mol. The van der Waals surface area contributed by atoms with Crippen LogP contribution in [0.5, 0.6) is 0 Å². The van der Waals surface area contributed by atoms with Gasteiger partial charge >= 0.3 is 0 Å². The van der Waals surface area contributed by atoms with Crippen molar-refractivity contribution in [1.29, 1.82) is 0 Å². The molecule has 108 valence electrons. The molecule has 3 aromatic heterocycles. The summed E-state index contributed by atoms with van der Waals surface area (Å²) in [6.45, 7) is 0. The lowest BCUT2D eigenvalue weighted by atomic mass is 10.1. The van der Waals surface area contributed by atoms with Crippen LogP contribution in [0.3, 0.4) is 0 Å². The molecule has 5 aromatic rings. The van der Waals surface area contributed by atoms with Gasteiger partial charge in [0.1, 0.15) is 4.83 Å². The molecule has 0 amide bonds. The molecule has 2 aromatic carbocycles. The average Bonchev–Trinajstić information content (AvgIpc) is 2.99. The first-order chi connectivity index (χ1) is 11.4. The number of rotatable bonds is 1. The fourth-order valence-corrected chi connectivity index (χ4v) is 4.14. The van der Waals surface area contributed by atoms with Crippen LogP contribution in [-0.2, 0) is 0 Å². The van der Waals surface area contributed by atoms with Crippen LogP contribution in [0.2, 0.25) is 0 Å². The maximum Gasteiger partial charge on any atom is 0.125 e. The van der Waals surface area contributed by atoms with Crippen molar-refractivity contribution < 1.29 is 0 Å². The Hall–Kier alpha value is -2.78. The SMILES string of the molecule is c1cnc2c(-c3ccc4c(n3)sc3ccccc34)cccc2c1. The van der Waals surface area contributed by atoms with E-state index in [1.165, 1.54) is 15.5 Å². The molecule has 0 aliphatic carbocycles. The van der Waals surface area contributed by atoms with E-state index >= 15 is 0 Å². The summed E-state index contributed by atoms with van der Waals surface area (Å²) < 4.78 is 1.28. The van der Waals surface area contributed by atoms with Gasteiger partial charge in [0.05, 0.1) is 11.2 Å². The largest absolute Gasteiger partial charge is 0.256 e. The van der Waals surface area contributed by atoms with Crippen molar-refractivity contribution in [3.63, 3.8) is 0 Å². The van der Waals surface area contributed by atoms with E-state index in [1.54, 1.807) is 11.3 Å². The number of hydrogen-bond donors (Lipinski definition) is 0. The van der Waals surface area contributed by atoms with Crippen molar-refractivity contribution in [2.24, 2.45) is 0 Å². The molecule has 0 radical (unpaired) electrons. The van der Waals surface area contributed by atoms with Crippen LogP contribution in [0.25, 0.3) is 42.5 Å². The Morgan fingerprint density at radius 1 is 0.739 bits per heavy atom. The summed E-state index contributed by atoms with van der Waals surface area (Å²) in [4.78, 5) is 10.5. The van der Waals surface area contributed by atoms with E-state index in [1.807, 2.05) is 12.3 Å². The van der Waals surface area contributed by atoms with E-state index in [0.29, 0.717) is 0 Å². The molecule has 0 atom stereocenters. The predicted molar refractivity (Wildman–Crippen MR) is 97.9 cm³/mol. The summed E-state index contributed by atoms with van der Waals surface area (Å²) in [7, 11) is 0. The molecule has 0 saturated carbocycles. The van der Waals surface area contributed by atoms with Gasteiger partial charge in [-0.05, 0) is 24.3 Å². The van der Waals surface area contributed by atoms with Crippen LogP contribution < -0.4 is 0 Å². The van der Waals surface area contributed by atoms with E-state index < -0.39 is 0 Å². The highest BCUT2D eigenvalue weighted by molar-refractivity contribution is 7.25. The molecule has 0 bridgehead atoms. The van der Waals surface area contributed by atoms with E-state index in [4.69, 9.17) is 4.98 Å². The maximum atomic E-state index is 4.91. The third-order valence-corrected chi connectivity index (χ3v) is 5.23. The zero-order valence-corrected chi connectivity index (χ0v) is 13.0. The van der Waals surface area contributed by atoms with Crippen molar-refractivity contribution >= 4 is 42.5 Å². The first-order valence-electron chi connectivity index (χ1n) is 7.52. The zero-order valence-electron chi connectivity index (χ0n) is 12.2. The lowest BCUT2D eigenvalue weighted by Gasteiger charge is -2.05. The highest BCUT2D eigenvalue weighted by Gasteiger charge is 2.10. The van der Waals surface area contributed by atoms with Crippen molar-refractivity contribution in [3.8, 4) is 11.3 Å². The molecule has 0 N–H and O–H groups in total. The van der Waals surface area contributed by atoms with Gasteiger partial charge in [-0.25, -0.2) is 4.98 Å². The first-order valence-corrected chi connectivity index (χ1v) is 8.34. The summed E-state index contributed by atoms with van der Waals surface area (Å²) in [6, 6.07) is 23.1. The maximum absolute atomic E-state index is 4.91. The Balaban J connectivity index is 1.81. The van der Waals surface area contributed by atoms with Gasteiger partial charge in [0.2, 0.25) is 0 Å². The van der Waals surface area contributed by atoms with Crippen LogP contribution in [0, 0.1) is 0 Å². The fourth-order valence-electron chi connectivity index (χ4n) is 3.07. The fraction of sp³-hybridized carbons (Fsp3) is 0. The number of pyridine rings is 2. The molecule has 0 fully saturated rings. The highest BCUT2D eigenvalue weighted by atomic mass is 32.1. The van der Waals surface area contributed by atoms with E-state index in [9.17, 15) is 0 Å². The van der Waals surface area contributed by atoms with E-state index in [0.717, 1.165) is 27.0 Å². The highest BCUT2D eigenvalue weighted by Crippen LogP contribution is 2.35. The van der Waals surface area contributed by atoms with Crippen molar-refractivity contribution in [2.45, 2.75) is 0 Å². The van der Waals surface area contributed by atoms with Crippen molar-refractivity contribution in [2.75, 3.05) is 0 Å². The molecule has 0 unspecified atom stereocenters. The molecular formula is C20H12N2S. The number of thiophene rings is 1. The number of hydrogen-bond acceptors (Lipinski definition) is 3. The standard InChI is InChI=1S/C20H12N2S/c1-2-9-18-14(7-1)15-10-11-17(22-20(15)23-18)16-8-3-5-13-6-4-12-21-19(13)16/h1-12H. The second-order valence-electron chi connectivity index (χ2n) is 5.53. The Bertz CT molecular complexity index is 1170. The predicted octanol–water partition coefficient (Wildman–Crippen LogP) is 5.66. The Kier molecular flexibility index (Phi) is 2.69. The van der Waals surface area contributed by atoms with Crippen LogP contribution >= 0.6 is 11.3 Å². The minimum absolute atomic E-state index is 0.980. The topological polar surface area (TPSA) is 25.8 Å². The van der Waals surface area contributed by atoms with Gasteiger partial charge < -0.3 is 0 Å². The van der Waals surface area contributed by atoms with Crippen molar-refractivity contribution in [3.05, 3.63) is 72.9 Å². The average molecular weight is 312 g/mol. The molecule has 0 aliphatic heterocycles.